The fourth-order valence-corrected chi connectivity index (χ4v) is 2.40. The summed E-state index contributed by atoms with van der Waals surface area (Å²) in [5, 5.41) is 8.80. The summed E-state index contributed by atoms with van der Waals surface area (Å²) < 4.78 is 0. The lowest BCUT2D eigenvalue weighted by molar-refractivity contribution is -0.145. The number of hydrogen-bond donors (Lipinski definition) is 1. The van der Waals surface area contributed by atoms with Gasteiger partial charge >= 0.3 is 5.97 Å². The Bertz CT molecular complexity index is 282. The summed E-state index contributed by atoms with van der Waals surface area (Å²) in [5.74, 6) is -1.26. The zero-order chi connectivity index (χ0) is 12.3. The molecule has 16 heavy (non-hydrogen) atoms. The molecule has 1 unspecified atom stereocenters. The highest BCUT2D eigenvalue weighted by Crippen LogP contribution is 2.38. The topological polar surface area (TPSA) is 57.6 Å². The molecule has 4 heteroatoms. The Morgan fingerprint density at radius 2 is 1.88 bits per heavy atom. The van der Waals surface area contributed by atoms with Gasteiger partial charge in [0.1, 0.15) is 0 Å². The molecular weight excluding hydrogens is 206 g/mol. The normalized spacial score (nSPS) is 20.4. The fourth-order valence-electron chi connectivity index (χ4n) is 2.40. The maximum atomic E-state index is 12.2. The first-order valence-electron chi connectivity index (χ1n) is 5.85. The zero-order valence-corrected chi connectivity index (χ0v) is 10.3. The van der Waals surface area contributed by atoms with Gasteiger partial charge in [-0.05, 0) is 12.8 Å². The monoisotopic (exact) mass is 227 g/mol. The van der Waals surface area contributed by atoms with Gasteiger partial charge in [0.05, 0.1) is 5.92 Å². The average Bonchev–Trinajstić information content (AvgIpc) is 2.64. The van der Waals surface area contributed by atoms with E-state index in [1.54, 1.807) is 18.9 Å². The lowest BCUT2D eigenvalue weighted by Crippen LogP contribution is -2.41. The van der Waals surface area contributed by atoms with Gasteiger partial charge in [-0.2, -0.15) is 0 Å². The van der Waals surface area contributed by atoms with Gasteiger partial charge in [-0.1, -0.05) is 26.7 Å². The van der Waals surface area contributed by atoms with Gasteiger partial charge in [0, 0.05) is 19.0 Å². The molecule has 0 spiro atoms. The molecule has 0 bridgehead atoms. The summed E-state index contributed by atoms with van der Waals surface area (Å²) in [7, 11) is 1.70. The van der Waals surface area contributed by atoms with Gasteiger partial charge in [-0.3, -0.25) is 9.59 Å². The molecule has 1 N–H and O–H groups in total. The summed E-state index contributed by atoms with van der Waals surface area (Å²) in [6, 6.07) is 0. The van der Waals surface area contributed by atoms with E-state index in [-0.39, 0.29) is 11.3 Å². The minimum absolute atomic E-state index is 0.0955. The van der Waals surface area contributed by atoms with Crippen LogP contribution in [0.1, 0.15) is 39.5 Å². The summed E-state index contributed by atoms with van der Waals surface area (Å²) in [6.45, 7) is 3.91. The second-order valence-corrected chi connectivity index (χ2v) is 5.19. The van der Waals surface area contributed by atoms with Gasteiger partial charge in [0.25, 0.3) is 0 Å². The minimum atomic E-state index is -0.851. The first-order valence-corrected chi connectivity index (χ1v) is 5.85. The number of hydrogen-bond acceptors (Lipinski definition) is 2. The summed E-state index contributed by atoms with van der Waals surface area (Å²) in [4.78, 5) is 24.5. The molecule has 1 rings (SSSR count). The van der Waals surface area contributed by atoms with Crippen LogP contribution in [0.25, 0.3) is 0 Å². The van der Waals surface area contributed by atoms with E-state index in [9.17, 15) is 9.59 Å². The third-order valence-corrected chi connectivity index (χ3v) is 3.54. The molecule has 0 aromatic heterocycles. The van der Waals surface area contributed by atoms with Crippen LogP contribution in [0, 0.1) is 11.3 Å². The van der Waals surface area contributed by atoms with Crippen molar-refractivity contribution in [2.75, 3.05) is 13.6 Å². The van der Waals surface area contributed by atoms with Crippen LogP contribution in [0.5, 0.6) is 0 Å². The number of rotatable bonds is 4. The van der Waals surface area contributed by atoms with Crippen LogP contribution in [-0.4, -0.2) is 35.5 Å². The maximum Gasteiger partial charge on any atom is 0.308 e. The SMILES string of the molecule is CC(CN(C)C(=O)C1(C)CCCC1)C(=O)O. The number of nitrogens with zero attached hydrogens (tertiary/aromatic N) is 1. The first-order chi connectivity index (χ1) is 7.37. The number of carbonyl (C=O) groups excluding carboxylic acids is 1. The van der Waals surface area contributed by atoms with Crippen LogP contribution in [0.3, 0.4) is 0 Å². The molecule has 0 heterocycles. The quantitative estimate of drug-likeness (QED) is 0.796. The molecule has 1 aliphatic carbocycles. The van der Waals surface area contributed by atoms with Crippen LogP contribution in [0.2, 0.25) is 0 Å². The average molecular weight is 227 g/mol. The maximum absolute atomic E-state index is 12.2. The van der Waals surface area contributed by atoms with Gasteiger partial charge in [-0.25, -0.2) is 0 Å². The van der Waals surface area contributed by atoms with Crippen molar-refractivity contribution in [3.8, 4) is 0 Å². The van der Waals surface area contributed by atoms with Crippen LogP contribution in [-0.2, 0) is 9.59 Å². The van der Waals surface area contributed by atoms with Gasteiger partial charge < -0.3 is 10.0 Å². The molecule has 0 saturated heterocycles. The van der Waals surface area contributed by atoms with E-state index >= 15 is 0 Å². The van der Waals surface area contributed by atoms with Crippen molar-refractivity contribution < 1.29 is 14.7 Å². The zero-order valence-electron chi connectivity index (χ0n) is 10.3. The molecule has 1 amide bonds. The lowest BCUT2D eigenvalue weighted by atomic mass is 9.87. The van der Waals surface area contributed by atoms with Crippen molar-refractivity contribution in [2.45, 2.75) is 39.5 Å². The molecule has 1 saturated carbocycles. The van der Waals surface area contributed by atoms with Crippen molar-refractivity contribution >= 4 is 11.9 Å². The number of carboxylic acid groups (broad SMARTS) is 1. The second-order valence-electron chi connectivity index (χ2n) is 5.19. The Kier molecular flexibility index (Phi) is 3.94. The molecule has 0 aromatic carbocycles. The number of carboxylic acids is 1. The molecule has 0 radical (unpaired) electrons. The molecule has 4 nitrogen and oxygen atoms in total. The van der Waals surface area contributed by atoms with Crippen molar-refractivity contribution in [1.29, 1.82) is 0 Å². The third-order valence-electron chi connectivity index (χ3n) is 3.54. The fraction of sp³-hybridized carbons (Fsp3) is 0.833. The second kappa shape index (κ2) is 4.85. The number of aliphatic carboxylic acids is 1. The van der Waals surface area contributed by atoms with E-state index in [1.807, 2.05) is 6.92 Å². The van der Waals surface area contributed by atoms with Gasteiger partial charge in [0.15, 0.2) is 0 Å². The highest BCUT2D eigenvalue weighted by atomic mass is 16.4. The molecule has 0 aliphatic heterocycles. The van der Waals surface area contributed by atoms with Crippen molar-refractivity contribution in [3.63, 3.8) is 0 Å². The highest BCUT2D eigenvalue weighted by Gasteiger charge is 2.38. The predicted molar refractivity (Wildman–Crippen MR) is 61.0 cm³/mol. The predicted octanol–water partition coefficient (Wildman–Crippen LogP) is 1.75. The van der Waals surface area contributed by atoms with Crippen molar-refractivity contribution in [3.05, 3.63) is 0 Å². The van der Waals surface area contributed by atoms with Crippen molar-refractivity contribution in [1.82, 2.24) is 4.90 Å². The standard InChI is InChI=1S/C12H21NO3/c1-9(10(14)15)8-13(3)11(16)12(2)6-4-5-7-12/h9H,4-8H2,1-3H3,(H,14,15). The van der Waals surface area contributed by atoms with Gasteiger partial charge in [0.2, 0.25) is 5.91 Å². The van der Waals surface area contributed by atoms with Crippen LogP contribution in [0.4, 0.5) is 0 Å². The minimum Gasteiger partial charge on any atom is -0.481 e. The molecule has 0 aromatic rings. The smallest absolute Gasteiger partial charge is 0.308 e. The largest absolute Gasteiger partial charge is 0.481 e. The molecule has 1 atom stereocenters. The summed E-state index contributed by atoms with van der Waals surface area (Å²) in [6.07, 6.45) is 4.06. The molecule has 92 valence electrons. The van der Waals surface area contributed by atoms with Gasteiger partial charge in [-0.15, -0.1) is 0 Å². The van der Waals surface area contributed by atoms with Crippen LogP contribution in [0.15, 0.2) is 0 Å². The Morgan fingerprint density at radius 1 is 1.38 bits per heavy atom. The summed E-state index contributed by atoms with van der Waals surface area (Å²) >= 11 is 0. The molecule has 1 aliphatic rings. The van der Waals surface area contributed by atoms with E-state index in [2.05, 4.69) is 0 Å². The lowest BCUT2D eigenvalue weighted by Gasteiger charge is -2.29. The number of amides is 1. The van der Waals surface area contributed by atoms with Crippen LogP contribution < -0.4 is 0 Å². The Hall–Kier alpha value is -1.06. The van der Waals surface area contributed by atoms with E-state index in [0.717, 1.165) is 25.7 Å². The third kappa shape index (κ3) is 2.74. The molecular formula is C12H21NO3. The van der Waals surface area contributed by atoms with E-state index in [4.69, 9.17) is 5.11 Å². The molecule has 1 fully saturated rings. The van der Waals surface area contributed by atoms with Crippen LogP contribution >= 0.6 is 0 Å². The van der Waals surface area contributed by atoms with E-state index in [1.165, 1.54) is 0 Å². The van der Waals surface area contributed by atoms with Crippen molar-refractivity contribution in [2.24, 2.45) is 11.3 Å². The van der Waals surface area contributed by atoms with E-state index < -0.39 is 11.9 Å². The highest BCUT2D eigenvalue weighted by molar-refractivity contribution is 5.83. The Morgan fingerprint density at radius 3 is 2.31 bits per heavy atom. The first kappa shape index (κ1) is 13.0. The van der Waals surface area contributed by atoms with E-state index in [0.29, 0.717) is 6.54 Å². The summed E-state index contributed by atoms with van der Waals surface area (Å²) in [5.41, 5.74) is -0.257. The number of carbonyl (C=O) groups is 2. The Labute approximate surface area is 96.6 Å². The Balaban J connectivity index is 2.56.